The number of carboxylic acid groups (broad SMARTS) is 1. The molecule has 1 aromatic heterocycles. The highest BCUT2D eigenvalue weighted by molar-refractivity contribution is 7.94. The molecule has 2 heterocycles. The quantitative estimate of drug-likeness (QED) is 0.551. The van der Waals surface area contributed by atoms with Gasteiger partial charge in [-0.05, 0) is 42.2 Å². The van der Waals surface area contributed by atoms with Crippen LogP contribution in [-0.2, 0) is 22.6 Å². The van der Waals surface area contributed by atoms with Crippen molar-refractivity contribution in [1.29, 1.82) is 0 Å². The molecule has 0 spiro atoms. The highest BCUT2D eigenvalue weighted by Crippen LogP contribution is 2.41. The third-order valence-corrected chi connectivity index (χ3v) is 8.76. The molecule has 0 saturated carbocycles. The number of carboxylic acids is 1. The standard InChI is InChI=1S/C24H22F2N4O6S/c1-24(25,26)17-6-4-5-15-14(17)8-10-18(15)30-21(31)16(22(32)33)12-29(23(30)34)13-7-9-19-20(11-13)28(3)37(35,36)27(19)2/h4-7,9,11-12,18H,8,10H2,1-3H3,(H,32,33)/t18-/m1/s1. The second-order valence-electron chi connectivity index (χ2n) is 9.11. The Morgan fingerprint density at radius 3 is 2.41 bits per heavy atom. The number of anilines is 2. The summed E-state index contributed by atoms with van der Waals surface area (Å²) >= 11 is 0. The number of hydrogen-bond acceptors (Lipinski definition) is 5. The van der Waals surface area contributed by atoms with E-state index in [1.807, 2.05) is 0 Å². The van der Waals surface area contributed by atoms with Crippen LogP contribution >= 0.6 is 0 Å². The van der Waals surface area contributed by atoms with Gasteiger partial charge in [0.1, 0.15) is 5.56 Å². The van der Waals surface area contributed by atoms with Gasteiger partial charge < -0.3 is 5.11 Å². The second kappa shape index (κ2) is 8.00. The first kappa shape index (κ1) is 24.7. The number of alkyl halides is 2. The smallest absolute Gasteiger partial charge is 0.342 e. The van der Waals surface area contributed by atoms with Crippen LogP contribution in [0.2, 0.25) is 0 Å². The van der Waals surface area contributed by atoms with Gasteiger partial charge >= 0.3 is 21.9 Å². The van der Waals surface area contributed by atoms with Gasteiger partial charge in [0, 0.05) is 32.8 Å². The van der Waals surface area contributed by atoms with Gasteiger partial charge in [-0.25, -0.2) is 18.4 Å². The molecule has 13 heteroatoms. The Bertz CT molecular complexity index is 1710. The van der Waals surface area contributed by atoms with E-state index in [1.165, 1.54) is 44.4 Å². The molecular formula is C24H22F2N4O6S. The van der Waals surface area contributed by atoms with Crippen LogP contribution < -0.4 is 19.9 Å². The molecule has 2 aliphatic rings. The van der Waals surface area contributed by atoms with E-state index in [1.54, 1.807) is 6.07 Å². The fourth-order valence-corrected chi connectivity index (χ4v) is 6.27. The van der Waals surface area contributed by atoms with E-state index in [4.69, 9.17) is 0 Å². The highest BCUT2D eigenvalue weighted by atomic mass is 32.2. The molecule has 0 amide bonds. The maximum atomic E-state index is 14.2. The van der Waals surface area contributed by atoms with Crippen molar-refractivity contribution in [3.63, 3.8) is 0 Å². The molecule has 194 valence electrons. The van der Waals surface area contributed by atoms with Crippen LogP contribution in [-0.4, -0.2) is 42.7 Å². The summed E-state index contributed by atoms with van der Waals surface area (Å²) in [6, 6.07) is 7.61. The minimum atomic E-state index is -3.80. The average Bonchev–Trinajstić information content (AvgIpc) is 3.32. The zero-order chi connectivity index (χ0) is 27.0. The van der Waals surface area contributed by atoms with Crippen molar-refractivity contribution in [3.8, 4) is 5.69 Å². The lowest BCUT2D eigenvalue weighted by Gasteiger charge is -2.20. The van der Waals surface area contributed by atoms with Crippen LogP contribution in [0.4, 0.5) is 20.2 Å². The number of nitrogens with zero attached hydrogens (tertiary/aromatic N) is 4. The fourth-order valence-electron chi connectivity index (χ4n) is 5.10. The minimum absolute atomic E-state index is 0.129. The van der Waals surface area contributed by atoms with Gasteiger partial charge in [0.2, 0.25) is 0 Å². The number of fused-ring (bicyclic) bond motifs is 2. The van der Waals surface area contributed by atoms with Crippen molar-refractivity contribution >= 4 is 27.6 Å². The van der Waals surface area contributed by atoms with Crippen LogP contribution in [0, 0.1) is 0 Å². The molecule has 2 aromatic carbocycles. The van der Waals surface area contributed by atoms with E-state index in [2.05, 4.69) is 0 Å². The van der Waals surface area contributed by atoms with E-state index in [0.717, 1.165) is 30.9 Å². The van der Waals surface area contributed by atoms with Crippen molar-refractivity contribution in [1.82, 2.24) is 9.13 Å². The molecular weight excluding hydrogens is 510 g/mol. The molecule has 0 unspecified atom stereocenters. The van der Waals surface area contributed by atoms with Crippen LogP contribution in [0.25, 0.3) is 5.69 Å². The molecule has 1 atom stereocenters. The molecule has 0 saturated heterocycles. The van der Waals surface area contributed by atoms with Crippen LogP contribution in [0.3, 0.4) is 0 Å². The summed E-state index contributed by atoms with van der Waals surface area (Å²) in [4.78, 5) is 38.8. The second-order valence-corrected chi connectivity index (χ2v) is 11.1. The van der Waals surface area contributed by atoms with Crippen LogP contribution in [0.15, 0.2) is 52.2 Å². The number of benzene rings is 2. The summed E-state index contributed by atoms with van der Waals surface area (Å²) in [7, 11) is -1.09. The first-order valence-electron chi connectivity index (χ1n) is 11.2. The predicted molar refractivity (Wildman–Crippen MR) is 131 cm³/mol. The molecule has 5 rings (SSSR count). The monoisotopic (exact) mass is 532 g/mol. The lowest BCUT2D eigenvalue weighted by molar-refractivity contribution is 0.0166. The summed E-state index contributed by atoms with van der Waals surface area (Å²) < 4.78 is 57.3. The zero-order valence-electron chi connectivity index (χ0n) is 20.0. The SMILES string of the molecule is CN1c2ccc(-n3cc(C(=O)O)c(=O)n([C@@H]4CCc5c4cccc5C(C)(F)F)c3=O)cc2N(C)S1(=O)=O. The van der Waals surface area contributed by atoms with Gasteiger partial charge in [0.05, 0.1) is 23.1 Å². The van der Waals surface area contributed by atoms with E-state index < -0.39 is 45.0 Å². The van der Waals surface area contributed by atoms with Crippen molar-refractivity contribution in [2.24, 2.45) is 0 Å². The van der Waals surface area contributed by atoms with Crippen molar-refractivity contribution in [2.75, 3.05) is 22.7 Å². The Hall–Kier alpha value is -4.00. The number of aromatic carboxylic acids is 1. The molecule has 1 aliphatic carbocycles. The third kappa shape index (κ3) is 3.56. The van der Waals surface area contributed by atoms with Gasteiger partial charge in [-0.15, -0.1) is 0 Å². The lowest BCUT2D eigenvalue weighted by Crippen LogP contribution is -2.43. The first-order valence-corrected chi connectivity index (χ1v) is 12.6. The molecule has 37 heavy (non-hydrogen) atoms. The maximum absolute atomic E-state index is 14.2. The summed E-state index contributed by atoms with van der Waals surface area (Å²) in [6.45, 7) is 0.767. The summed E-state index contributed by atoms with van der Waals surface area (Å²) in [5, 5.41) is 9.72. The minimum Gasteiger partial charge on any atom is -0.477 e. The third-order valence-electron chi connectivity index (χ3n) is 6.98. The summed E-state index contributed by atoms with van der Waals surface area (Å²) in [5.41, 5.74) is -1.42. The maximum Gasteiger partial charge on any atom is 0.342 e. The number of aromatic nitrogens is 2. The molecule has 1 N–H and O–H groups in total. The number of halogens is 2. The highest BCUT2D eigenvalue weighted by Gasteiger charge is 2.37. The van der Waals surface area contributed by atoms with E-state index >= 15 is 0 Å². The topological polar surface area (TPSA) is 122 Å². The Morgan fingerprint density at radius 1 is 1.08 bits per heavy atom. The van der Waals surface area contributed by atoms with Gasteiger partial charge in [-0.3, -0.25) is 22.5 Å². The normalized spacial score (nSPS) is 18.1. The van der Waals surface area contributed by atoms with E-state index in [9.17, 15) is 36.7 Å². The van der Waals surface area contributed by atoms with Crippen molar-refractivity contribution in [3.05, 3.63) is 85.7 Å². The fraction of sp³-hybridized carbons (Fsp3) is 0.292. The van der Waals surface area contributed by atoms with Gasteiger partial charge in [-0.1, -0.05) is 18.2 Å². The van der Waals surface area contributed by atoms with Crippen molar-refractivity contribution in [2.45, 2.75) is 31.7 Å². The first-order chi connectivity index (χ1) is 17.2. The van der Waals surface area contributed by atoms with E-state index in [0.29, 0.717) is 16.8 Å². The van der Waals surface area contributed by atoms with Crippen LogP contribution in [0.1, 0.15) is 46.4 Å². The molecule has 0 fully saturated rings. The molecule has 10 nitrogen and oxygen atoms in total. The van der Waals surface area contributed by atoms with Crippen molar-refractivity contribution < 1.29 is 27.1 Å². The van der Waals surface area contributed by atoms with E-state index in [-0.39, 0.29) is 29.8 Å². The van der Waals surface area contributed by atoms with Gasteiger partial charge in [0.15, 0.2) is 0 Å². The average molecular weight is 533 g/mol. The van der Waals surface area contributed by atoms with Gasteiger partial charge in [-0.2, -0.15) is 8.42 Å². The Kier molecular flexibility index (Phi) is 5.34. The zero-order valence-corrected chi connectivity index (χ0v) is 20.8. The number of hydrogen-bond donors (Lipinski definition) is 1. The molecule has 3 aromatic rings. The van der Waals surface area contributed by atoms with Crippen LogP contribution in [0.5, 0.6) is 0 Å². The molecule has 1 aliphatic heterocycles. The summed E-state index contributed by atoms with van der Waals surface area (Å²) in [5.74, 6) is -4.71. The summed E-state index contributed by atoms with van der Waals surface area (Å²) in [6.07, 6.45) is 1.22. The molecule has 0 radical (unpaired) electrons. The lowest BCUT2D eigenvalue weighted by atomic mass is 9.98. The number of rotatable bonds is 4. The Labute approximate surface area is 209 Å². The molecule has 0 bridgehead atoms. The number of carbonyl (C=O) groups is 1. The Balaban J connectivity index is 1.74. The largest absolute Gasteiger partial charge is 0.477 e. The Morgan fingerprint density at radius 2 is 1.76 bits per heavy atom. The van der Waals surface area contributed by atoms with Gasteiger partial charge in [0.25, 0.3) is 11.5 Å². The predicted octanol–water partition coefficient (Wildman–Crippen LogP) is 2.48.